The Morgan fingerprint density at radius 2 is 1.37 bits per heavy atom. The molecule has 0 spiro atoms. The van der Waals surface area contributed by atoms with E-state index in [1.165, 1.54) is 11.1 Å². The van der Waals surface area contributed by atoms with Crippen molar-refractivity contribution in [3.05, 3.63) is 70.8 Å². The van der Waals surface area contributed by atoms with Gasteiger partial charge in [0, 0.05) is 25.6 Å². The smallest absolute Gasteiger partial charge is 0.407 e. The van der Waals surface area contributed by atoms with Crippen LogP contribution < -0.4 is 10.6 Å². The highest BCUT2D eigenvalue weighted by Crippen LogP contribution is 2.39. The summed E-state index contributed by atoms with van der Waals surface area (Å²) in [4.78, 5) is 12.2. The molecule has 1 heterocycles. The van der Waals surface area contributed by atoms with Crippen molar-refractivity contribution in [2.75, 3.05) is 13.1 Å². The van der Waals surface area contributed by atoms with Gasteiger partial charge in [-0.25, -0.2) is 4.79 Å². The molecule has 2 aromatic carbocycles. The van der Waals surface area contributed by atoms with E-state index in [2.05, 4.69) is 83.4 Å². The Labute approximate surface area is 211 Å². The van der Waals surface area contributed by atoms with E-state index in [1.54, 1.807) is 0 Å². The predicted molar refractivity (Wildman–Crippen MR) is 143 cm³/mol. The summed E-state index contributed by atoms with van der Waals surface area (Å²) >= 11 is 0. The van der Waals surface area contributed by atoms with Crippen LogP contribution >= 0.6 is 0 Å². The first-order valence-corrected chi connectivity index (χ1v) is 13.0. The number of hydrogen-bond donors (Lipinski definition) is 3. The fourth-order valence-electron chi connectivity index (χ4n) is 4.69. The van der Waals surface area contributed by atoms with Gasteiger partial charge < -0.3 is 20.5 Å². The third-order valence-electron chi connectivity index (χ3n) is 7.05. The third-order valence-corrected chi connectivity index (χ3v) is 7.05. The molecule has 1 saturated heterocycles. The molecule has 1 aliphatic heterocycles. The van der Waals surface area contributed by atoms with E-state index in [9.17, 15) is 9.90 Å². The Bertz CT molecular complexity index is 911. The fourth-order valence-corrected chi connectivity index (χ4v) is 4.69. The van der Waals surface area contributed by atoms with Crippen LogP contribution in [0.5, 0.6) is 0 Å². The Kier molecular flexibility index (Phi) is 8.33. The van der Waals surface area contributed by atoms with E-state index in [0.29, 0.717) is 19.5 Å². The molecule has 5 heteroatoms. The molecule has 1 amide bonds. The van der Waals surface area contributed by atoms with Crippen molar-refractivity contribution >= 4 is 6.09 Å². The number of carbonyl (C=O) groups is 1. The topological polar surface area (TPSA) is 70.6 Å². The number of amides is 1. The molecule has 0 saturated carbocycles. The first kappa shape index (κ1) is 27.2. The second-order valence-corrected chi connectivity index (χ2v) is 11.9. The summed E-state index contributed by atoms with van der Waals surface area (Å²) in [6.07, 6.45) is 1.78. The lowest BCUT2D eigenvalue weighted by Gasteiger charge is -2.36. The average Bonchev–Trinajstić information content (AvgIpc) is 3.26. The van der Waals surface area contributed by atoms with E-state index in [1.807, 2.05) is 24.3 Å². The predicted octanol–water partition coefficient (Wildman–Crippen LogP) is 5.77. The molecule has 0 bridgehead atoms. The van der Waals surface area contributed by atoms with Crippen LogP contribution in [0.2, 0.25) is 0 Å². The Morgan fingerprint density at radius 3 is 1.80 bits per heavy atom. The van der Waals surface area contributed by atoms with Crippen LogP contribution in [-0.4, -0.2) is 36.4 Å². The molecule has 3 rings (SSSR count). The lowest BCUT2D eigenvalue weighted by molar-refractivity contribution is 0.0372. The molecule has 0 unspecified atom stereocenters. The van der Waals surface area contributed by atoms with Gasteiger partial charge in [-0.1, -0.05) is 103 Å². The van der Waals surface area contributed by atoms with E-state index >= 15 is 0 Å². The number of carbonyl (C=O) groups excluding carboxylic acids is 1. The highest BCUT2D eigenvalue weighted by molar-refractivity contribution is 5.67. The van der Waals surface area contributed by atoms with Gasteiger partial charge in [-0.2, -0.15) is 0 Å². The second-order valence-electron chi connectivity index (χ2n) is 11.9. The van der Waals surface area contributed by atoms with Crippen LogP contribution in [0.15, 0.2) is 48.5 Å². The molecule has 0 aliphatic carbocycles. The van der Waals surface area contributed by atoms with E-state index in [0.717, 1.165) is 24.0 Å². The lowest BCUT2D eigenvalue weighted by atomic mass is 9.76. The van der Waals surface area contributed by atoms with Crippen molar-refractivity contribution in [1.82, 2.24) is 10.6 Å². The maximum Gasteiger partial charge on any atom is 0.407 e. The van der Waals surface area contributed by atoms with Crippen LogP contribution in [0.4, 0.5) is 4.79 Å². The number of ether oxygens (including phenoxy) is 1. The van der Waals surface area contributed by atoms with Gasteiger partial charge in [0.25, 0.3) is 0 Å². The average molecular weight is 481 g/mol. The van der Waals surface area contributed by atoms with Gasteiger partial charge in [-0.3, -0.25) is 0 Å². The van der Waals surface area contributed by atoms with Crippen LogP contribution in [0.1, 0.15) is 90.0 Å². The summed E-state index contributed by atoms with van der Waals surface area (Å²) in [7, 11) is 0. The van der Waals surface area contributed by atoms with Gasteiger partial charge in [-0.05, 0) is 39.5 Å². The summed E-state index contributed by atoms with van der Waals surface area (Å²) in [5.41, 5.74) is 2.90. The molecule has 35 heavy (non-hydrogen) atoms. The van der Waals surface area contributed by atoms with Gasteiger partial charge in [0.1, 0.15) is 11.7 Å². The van der Waals surface area contributed by atoms with Gasteiger partial charge in [0.2, 0.25) is 0 Å². The Hall–Kier alpha value is -2.37. The standard InChI is InChI=1S/C30H44N2O3/c1-8-9-18-31-27(33)35-25-19-26(32-20-25)30(34,23-14-10-21(11-15-23)28(2,3)4)24-16-12-22(13-17-24)29(5,6)7/h10-17,25-26,32,34H,8-9,18-20H2,1-7H3,(H,31,33)/t25-,26-/m0/s1. The highest BCUT2D eigenvalue weighted by atomic mass is 16.6. The van der Waals surface area contributed by atoms with E-state index < -0.39 is 11.7 Å². The number of hydrogen-bond acceptors (Lipinski definition) is 4. The van der Waals surface area contributed by atoms with Crippen LogP contribution in [0.25, 0.3) is 0 Å². The Balaban J connectivity index is 1.90. The van der Waals surface area contributed by atoms with Gasteiger partial charge in [0.05, 0.1) is 0 Å². The maximum atomic E-state index is 12.3. The number of aliphatic hydroxyl groups is 1. The zero-order valence-corrected chi connectivity index (χ0v) is 22.6. The highest BCUT2D eigenvalue weighted by Gasteiger charge is 2.45. The monoisotopic (exact) mass is 480 g/mol. The van der Waals surface area contributed by atoms with Crippen molar-refractivity contribution < 1.29 is 14.6 Å². The molecule has 3 N–H and O–H groups in total. The normalized spacial score (nSPS) is 19.0. The van der Waals surface area contributed by atoms with Crippen molar-refractivity contribution in [1.29, 1.82) is 0 Å². The fraction of sp³-hybridized carbons (Fsp3) is 0.567. The number of nitrogens with one attached hydrogen (secondary N) is 2. The summed E-state index contributed by atoms with van der Waals surface area (Å²) in [6.45, 7) is 16.3. The molecule has 1 fully saturated rings. The minimum atomic E-state index is -1.26. The van der Waals surface area contributed by atoms with Gasteiger partial charge in [0.15, 0.2) is 0 Å². The lowest BCUT2D eigenvalue weighted by Crippen LogP contribution is -2.46. The molecule has 0 aromatic heterocycles. The number of benzene rings is 2. The van der Waals surface area contributed by atoms with Crippen molar-refractivity contribution in [2.24, 2.45) is 0 Å². The SMILES string of the molecule is CCCCNC(=O)O[C@@H]1CN[C@H](C(O)(c2ccc(C(C)(C)C)cc2)c2ccc(C(C)(C)C)cc2)C1. The number of alkyl carbamates (subject to hydrolysis) is 1. The molecule has 2 atom stereocenters. The van der Waals surface area contributed by atoms with Crippen LogP contribution in [0.3, 0.4) is 0 Å². The summed E-state index contributed by atoms with van der Waals surface area (Å²) in [5, 5.41) is 18.6. The third kappa shape index (κ3) is 6.45. The largest absolute Gasteiger partial charge is 0.445 e. The van der Waals surface area contributed by atoms with Gasteiger partial charge in [-0.15, -0.1) is 0 Å². The Morgan fingerprint density at radius 1 is 0.914 bits per heavy atom. The zero-order chi connectivity index (χ0) is 25.9. The number of rotatable bonds is 7. The molecule has 5 nitrogen and oxygen atoms in total. The summed E-state index contributed by atoms with van der Waals surface area (Å²) in [6, 6.07) is 16.3. The second kappa shape index (κ2) is 10.7. The first-order chi connectivity index (χ1) is 16.4. The van der Waals surface area contributed by atoms with E-state index in [-0.39, 0.29) is 23.0 Å². The van der Waals surface area contributed by atoms with Crippen LogP contribution in [0, 0.1) is 0 Å². The van der Waals surface area contributed by atoms with Crippen molar-refractivity contribution in [2.45, 2.75) is 96.3 Å². The molecule has 2 aromatic rings. The maximum absolute atomic E-state index is 12.3. The van der Waals surface area contributed by atoms with Crippen molar-refractivity contribution in [3.8, 4) is 0 Å². The quantitative estimate of drug-likeness (QED) is 0.440. The molecule has 0 radical (unpaired) electrons. The number of unbranched alkanes of at least 4 members (excludes halogenated alkanes) is 1. The molecule has 1 aliphatic rings. The zero-order valence-electron chi connectivity index (χ0n) is 22.6. The van der Waals surface area contributed by atoms with E-state index in [4.69, 9.17) is 4.74 Å². The summed E-state index contributed by atoms with van der Waals surface area (Å²) < 4.78 is 5.66. The minimum absolute atomic E-state index is 0.0285. The molecule has 192 valence electrons. The molecular weight excluding hydrogens is 436 g/mol. The van der Waals surface area contributed by atoms with Crippen LogP contribution in [-0.2, 0) is 21.2 Å². The minimum Gasteiger partial charge on any atom is -0.445 e. The summed E-state index contributed by atoms with van der Waals surface area (Å²) in [5.74, 6) is 0. The molecular formula is C30H44N2O3. The van der Waals surface area contributed by atoms with Gasteiger partial charge >= 0.3 is 6.09 Å². The van der Waals surface area contributed by atoms with Crippen molar-refractivity contribution in [3.63, 3.8) is 0 Å². The first-order valence-electron chi connectivity index (χ1n) is 13.0.